The highest BCUT2D eigenvalue weighted by Crippen LogP contribution is 2.40. The quantitative estimate of drug-likeness (QED) is 0.329. The van der Waals surface area contributed by atoms with Crippen LogP contribution in [0.25, 0.3) is 0 Å². The number of hydrogen-bond donors (Lipinski definition) is 0. The average Bonchev–Trinajstić information content (AvgIpc) is 2.64. The van der Waals surface area contributed by atoms with E-state index in [1.165, 1.54) is 31.4 Å². The van der Waals surface area contributed by atoms with Crippen molar-refractivity contribution >= 4 is 23.3 Å². The van der Waals surface area contributed by atoms with E-state index in [-0.39, 0.29) is 17.9 Å². The Morgan fingerprint density at radius 3 is 2.67 bits per heavy atom. The van der Waals surface area contributed by atoms with Gasteiger partial charge in [0.1, 0.15) is 12.5 Å². The van der Waals surface area contributed by atoms with Gasteiger partial charge in [-0.25, -0.2) is 4.79 Å². The minimum Gasteiger partial charge on any atom is -0.468 e. The smallest absolute Gasteiger partial charge is 0.336 e. The van der Waals surface area contributed by atoms with E-state index in [1.807, 2.05) is 0 Å². The fourth-order valence-electron chi connectivity index (χ4n) is 3.14. The monoisotopic (exact) mass is 372 g/mol. The molecule has 0 saturated carbocycles. The van der Waals surface area contributed by atoms with Gasteiger partial charge in [0.2, 0.25) is 0 Å². The van der Waals surface area contributed by atoms with Gasteiger partial charge in [-0.05, 0) is 19.4 Å². The minimum atomic E-state index is -0.896. The zero-order chi connectivity index (χ0) is 20.1. The summed E-state index contributed by atoms with van der Waals surface area (Å²) in [5.74, 6) is -2.96. The van der Waals surface area contributed by atoms with Crippen molar-refractivity contribution in [2.75, 3.05) is 13.7 Å². The molecule has 142 valence electrons. The number of non-ortho nitro benzene ring substituents is 1. The second kappa shape index (κ2) is 8.39. The summed E-state index contributed by atoms with van der Waals surface area (Å²) in [5, 5.41) is 11.2. The maximum Gasteiger partial charge on any atom is 0.336 e. The second-order valence-corrected chi connectivity index (χ2v) is 5.97. The number of nitro benzene ring substituents is 1. The van der Waals surface area contributed by atoms with E-state index in [1.54, 1.807) is 19.9 Å². The Kier molecular flexibility index (Phi) is 6.23. The maximum absolute atomic E-state index is 12.6. The van der Waals surface area contributed by atoms with Gasteiger partial charge in [-0.2, -0.15) is 0 Å². The van der Waals surface area contributed by atoms with E-state index in [4.69, 9.17) is 9.47 Å². The third kappa shape index (κ3) is 4.11. The van der Waals surface area contributed by atoms with Crippen molar-refractivity contribution in [3.8, 4) is 0 Å². The topological polar surface area (TPSA) is 108 Å². The highest BCUT2D eigenvalue weighted by molar-refractivity contribution is 6.07. The van der Waals surface area contributed by atoms with Crippen LogP contribution >= 0.6 is 0 Å². The molecule has 1 aromatic carbocycles. The highest BCUT2D eigenvalue weighted by atomic mass is 16.6. The van der Waals surface area contributed by atoms with Crippen LogP contribution < -0.4 is 0 Å². The molecular weight excluding hydrogens is 352 g/mol. The number of methoxy groups -OCH3 is 1. The highest BCUT2D eigenvalue weighted by Gasteiger charge is 2.42. The molecule has 0 bridgehead atoms. The first-order chi connectivity index (χ1) is 12.8. The van der Waals surface area contributed by atoms with E-state index in [9.17, 15) is 19.7 Å². The van der Waals surface area contributed by atoms with Crippen LogP contribution in [0.15, 0.2) is 53.2 Å². The molecular formula is C19H20N2O6. The molecule has 8 nitrogen and oxygen atoms in total. The summed E-state index contributed by atoms with van der Waals surface area (Å²) in [4.78, 5) is 40.0. The van der Waals surface area contributed by atoms with Crippen molar-refractivity contribution in [3.63, 3.8) is 0 Å². The molecule has 0 N–H and O–H groups in total. The van der Waals surface area contributed by atoms with Crippen molar-refractivity contribution in [3.05, 3.63) is 63.9 Å². The fraction of sp³-hybridized carbons (Fsp3) is 0.316. The molecule has 0 radical (unpaired) electrons. The predicted octanol–water partition coefficient (Wildman–Crippen LogP) is 2.95. The molecule has 0 aliphatic carbocycles. The number of carbonyl (C=O) groups excluding carboxylic acids is 2. The molecule has 0 spiro atoms. The van der Waals surface area contributed by atoms with E-state index >= 15 is 0 Å². The summed E-state index contributed by atoms with van der Waals surface area (Å²) in [6.45, 7) is 6.78. The molecule has 8 heteroatoms. The van der Waals surface area contributed by atoms with Gasteiger partial charge in [0.15, 0.2) is 0 Å². The minimum absolute atomic E-state index is 0.0111. The van der Waals surface area contributed by atoms with Gasteiger partial charge < -0.3 is 9.47 Å². The first-order valence-electron chi connectivity index (χ1n) is 8.18. The van der Waals surface area contributed by atoms with Crippen molar-refractivity contribution in [2.45, 2.75) is 19.8 Å². The van der Waals surface area contributed by atoms with Gasteiger partial charge in [0.05, 0.1) is 17.6 Å². The van der Waals surface area contributed by atoms with E-state index in [0.29, 0.717) is 17.0 Å². The zero-order valence-corrected chi connectivity index (χ0v) is 15.3. The Morgan fingerprint density at radius 1 is 1.37 bits per heavy atom. The fourth-order valence-corrected chi connectivity index (χ4v) is 3.14. The molecule has 0 amide bonds. The summed E-state index contributed by atoms with van der Waals surface area (Å²) in [6, 6.07) is 5.81. The number of carbonyl (C=O) groups is 2. The maximum atomic E-state index is 12.6. The van der Waals surface area contributed by atoms with Crippen LogP contribution in [0.2, 0.25) is 0 Å². The van der Waals surface area contributed by atoms with Gasteiger partial charge in [0.25, 0.3) is 5.69 Å². The van der Waals surface area contributed by atoms with Gasteiger partial charge in [-0.15, -0.1) is 0 Å². The molecule has 0 saturated heterocycles. The molecule has 1 heterocycles. The Hall–Kier alpha value is -3.29. The first-order valence-corrected chi connectivity index (χ1v) is 8.18. The van der Waals surface area contributed by atoms with Gasteiger partial charge >= 0.3 is 11.9 Å². The van der Waals surface area contributed by atoms with Crippen LogP contribution in [0.5, 0.6) is 0 Å². The molecule has 2 unspecified atom stereocenters. The van der Waals surface area contributed by atoms with Crippen LogP contribution in [-0.4, -0.2) is 36.3 Å². The van der Waals surface area contributed by atoms with Crippen LogP contribution in [0.3, 0.4) is 0 Å². The molecule has 1 aliphatic rings. The summed E-state index contributed by atoms with van der Waals surface area (Å²) >= 11 is 0. The molecule has 0 aromatic heterocycles. The van der Waals surface area contributed by atoms with E-state index in [0.717, 1.165) is 0 Å². The van der Waals surface area contributed by atoms with Crippen LogP contribution in [0.4, 0.5) is 5.69 Å². The molecule has 1 aliphatic heterocycles. The van der Waals surface area contributed by atoms with Gasteiger partial charge in [-0.1, -0.05) is 24.8 Å². The number of ether oxygens (including phenoxy) is 2. The Morgan fingerprint density at radius 2 is 2.07 bits per heavy atom. The average molecular weight is 372 g/mol. The summed E-state index contributed by atoms with van der Waals surface area (Å²) < 4.78 is 10.0. The molecule has 1 aromatic rings. The lowest BCUT2D eigenvalue weighted by Gasteiger charge is -2.31. The summed E-state index contributed by atoms with van der Waals surface area (Å²) in [7, 11) is 1.24. The zero-order valence-electron chi connectivity index (χ0n) is 15.3. The second-order valence-electron chi connectivity index (χ2n) is 5.97. The molecule has 27 heavy (non-hydrogen) atoms. The first kappa shape index (κ1) is 20.0. The number of benzene rings is 1. The number of nitrogens with zero attached hydrogens (tertiary/aromatic N) is 2. The normalized spacial score (nSPS) is 19.1. The lowest BCUT2D eigenvalue weighted by Crippen LogP contribution is -2.36. The van der Waals surface area contributed by atoms with Crippen LogP contribution in [0, 0.1) is 16.0 Å². The van der Waals surface area contributed by atoms with Gasteiger partial charge in [0, 0.05) is 29.5 Å². The van der Waals surface area contributed by atoms with E-state index < -0.39 is 28.7 Å². The Balaban J connectivity index is 2.66. The number of nitro groups is 1. The lowest BCUT2D eigenvalue weighted by atomic mass is 9.75. The lowest BCUT2D eigenvalue weighted by molar-refractivity contribution is -0.384. The van der Waals surface area contributed by atoms with Crippen LogP contribution in [-0.2, 0) is 19.1 Å². The predicted molar refractivity (Wildman–Crippen MR) is 98.3 cm³/mol. The van der Waals surface area contributed by atoms with Crippen molar-refractivity contribution in [1.82, 2.24) is 0 Å². The number of allylic oxidation sites excluding steroid dienone is 1. The van der Waals surface area contributed by atoms with Crippen molar-refractivity contribution in [1.29, 1.82) is 0 Å². The summed E-state index contributed by atoms with van der Waals surface area (Å²) in [6.07, 6.45) is 1.42. The number of esters is 2. The third-order valence-corrected chi connectivity index (χ3v) is 4.28. The number of hydrogen-bond acceptors (Lipinski definition) is 7. The standard InChI is InChI=1S/C19H20N2O6/c1-5-9-27-19(23)16-12(3)20-11(2)15(18(22)26-4)17(16)13-7-6-8-14(10-13)21(24)25/h5-8,10,15,17H,1,9H2,2-4H3. The Bertz CT molecular complexity index is 856. The largest absolute Gasteiger partial charge is 0.468 e. The molecule has 0 fully saturated rings. The Labute approximate surface area is 156 Å². The third-order valence-electron chi connectivity index (χ3n) is 4.28. The SMILES string of the molecule is C=CCOC(=O)C1=C(C)N=C(C)C(C(=O)OC)C1c1cccc([N+](=O)[O-])c1. The number of rotatable bonds is 6. The van der Waals surface area contributed by atoms with Crippen molar-refractivity contribution < 1.29 is 24.0 Å². The molecule has 2 atom stereocenters. The van der Waals surface area contributed by atoms with Gasteiger partial charge in [-0.3, -0.25) is 19.9 Å². The van der Waals surface area contributed by atoms with Crippen LogP contribution in [0.1, 0.15) is 25.3 Å². The van der Waals surface area contributed by atoms with E-state index in [2.05, 4.69) is 11.6 Å². The number of aliphatic imine (C=N–C) groups is 1. The van der Waals surface area contributed by atoms with Crippen molar-refractivity contribution in [2.24, 2.45) is 10.9 Å². The summed E-state index contributed by atoms with van der Waals surface area (Å²) in [5.41, 5.74) is 1.29. The molecule has 2 rings (SSSR count).